The molecule has 0 heterocycles. The van der Waals surface area contributed by atoms with E-state index in [1.165, 1.54) is 6.21 Å². The van der Waals surface area contributed by atoms with Crippen LogP contribution in [0.4, 0.5) is 0 Å². The first-order valence-electron chi connectivity index (χ1n) is 4.60. The first-order chi connectivity index (χ1) is 6.69. The Morgan fingerprint density at radius 1 is 1.64 bits per heavy atom. The number of nitrogens with zero attached hydrogens (tertiary/aromatic N) is 2. The molecule has 14 heavy (non-hydrogen) atoms. The largest absolute Gasteiger partial charge is 0.312 e. The van der Waals surface area contributed by atoms with Gasteiger partial charge in [-0.3, -0.25) is 9.98 Å². The van der Waals surface area contributed by atoms with E-state index >= 15 is 0 Å². The van der Waals surface area contributed by atoms with E-state index in [1.807, 2.05) is 20.9 Å². The van der Waals surface area contributed by atoms with Crippen LogP contribution in [0.15, 0.2) is 21.9 Å². The predicted octanol–water partition coefficient (Wildman–Crippen LogP) is 1.64. The van der Waals surface area contributed by atoms with Crippen molar-refractivity contribution in [3.63, 3.8) is 0 Å². The van der Waals surface area contributed by atoms with Crippen LogP contribution in [0.5, 0.6) is 0 Å². The highest BCUT2D eigenvalue weighted by molar-refractivity contribution is 6.32. The van der Waals surface area contributed by atoms with Crippen LogP contribution in [0.3, 0.4) is 0 Å². The zero-order valence-electron chi connectivity index (χ0n) is 9.04. The highest BCUT2D eigenvalue weighted by Gasteiger charge is 2.05. The molecule has 1 unspecified atom stereocenters. The van der Waals surface area contributed by atoms with Crippen molar-refractivity contribution in [2.24, 2.45) is 9.98 Å². The molecular formula is C10H18N4. The Morgan fingerprint density at radius 3 is 2.64 bits per heavy atom. The van der Waals surface area contributed by atoms with Crippen molar-refractivity contribution in [3.8, 4) is 0 Å². The van der Waals surface area contributed by atoms with E-state index in [4.69, 9.17) is 5.41 Å². The van der Waals surface area contributed by atoms with Gasteiger partial charge >= 0.3 is 0 Å². The lowest BCUT2D eigenvalue weighted by Gasteiger charge is -2.09. The number of allylic oxidation sites excluding steroid dienone is 1. The summed E-state index contributed by atoms with van der Waals surface area (Å²) in [5.74, 6) is 0. The van der Waals surface area contributed by atoms with E-state index in [-0.39, 0.29) is 6.04 Å². The zero-order chi connectivity index (χ0) is 11.0. The molecule has 4 heteroatoms. The second kappa shape index (κ2) is 7.15. The topological polar surface area (TPSA) is 60.6 Å². The number of nitrogens with one attached hydrogen (secondary N) is 2. The quantitative estimate of drug-likeness (QED) is 0.620. The van der Waals surface area contributed by atoms with Crippen LogP contribution in [0, 0.1) is 5.41 Å². The van der Waals surface area contributed by atoms with Crippen molar-refractivity contribution in [1.29, 1.82) is 5.41 Å². The number of aliphatic imine (C=N–C) groups is 2. The van der Waals surface area contributed by atoms with Gasteiger partial charge in [-0.25, -0.2) is 0 Å². The summed E-state index contributed by atoms with van der Waals surface area (Å²) in [6.45, 7) is 7.33. The van der Waals surface area contributed by atoms with Crippen LogP contribution < -0.4 is 5.32 Å². The fraction of sp³-hybridized carbons (Fsp3) is 0.500. The Morgan fingerprint density at radius 2 is 2.29 bits per heavy atom. The van der Waals surface area contributed by atoms with Gasteiger partial charge in [-0.1, -0.05) is 6.92 Å². The lowest BCUT2D eigenvalue weighted by Crippen LogP contribution is -2.31. The molecule has 0 aromatic carbocycles. The van der Waals surface area contributed by atoms with Gasteiger partial charge in [0.05, 0.1) is 11.4 Å². The van der Waals surface area contributed by atoms with Gasteiger partial charge in [-0.05, 0) is 27.1 Å². The van der Waals surface area contributed by atoms with Gasteiger partial charge in [0, 0.05) is 18.5 Å². The first kappa shape index (κ1) is 12.7. The second-order valence-corrected chi connectivity index (χ2v) is 2.85. The SMILES string of the molecule is C=N/C=C(/CC)N=C(C=N)C(C)NC. The summed E-state index contributed by atoms with van der Waals surface area (Å²) in [7, 11) is 1.84. The Labute approximate surface area is 85.4 Å². The van der Waals surface area contributed by atoms with E-state index in [9.17, 15) is 0 Å². The summed E-state index contributed by atoms with van der Waals surface area (Å²) in [4.78, 5) is 7.98. The number of hydrogen-bond acceptors (Lipinski definition) is 4. The molecule has 0 aromatic rings. The maximum absolute atomic E-state index is 7.23. The molecule has 0 amide bonds. The van der Waals surface area contributed by atoms with Gasteiger partial charge in [0.1, 0.15) is 0 Å². The summed E-state index contributed by atoms with van der Waals surface area (Å²) in [6, 6.07) is 0.0762. The minimum absolute atomic E-state index is 0.0762. The maximum Gasteiger partial charge on any atom is 0.0749 e. The molecule has 0 aliphatic heterocycles. The molecule has 0 aliphatic rings. The van der Waals surface area contributed by atoms with Gasteiger partial charge < -0.3 is 10.7 Å². The molecule has 4 nitrogen and oxygen atoms in total. The lowest BCUT2D eigenvalue weighted by molar-refractivity contribution is 0.766. The zero-order valence-corrected chi connectivity index (χ0v) is 9.04. The fourth-order valence-corrected chi connectivity index (χ4v) is 0.872. The summed E-state index contributed by atoms with van der Waals surface area (Å²) in [6.07, 6.45) is 3.66. The Bertz CT molecular complexity index is 253. The van der Waals surface area contributed by atoms with Gasteiger partial charge in [0.15, 0.2) is 0 Å². The summed E-state index contributed by atoms with van der Waals surface area (Å²) < 4.78 is 0. The third kappa shape index (κ3) is 4.09. The lowest BCUT2D eigenvalue weighted by atomic mass is 10.2. The molecule has 2 N–H and O–H groups in total. The van der Waals surface area contributed by atoms with Crippen LogP contribution in [-0.4, -0.2) is 31.7 Å². The average Bonchev–Trinajstić information content (AvgIpc) is 2.23. The molecule has 0 spiro atoms. The van der Waals surface area contributed by atoms with Crippen molar-refractivity contribution >= 4 is 18.6 Å². The van der Waals surface area contributed by atoms with Crippen molar-refractivity contribution in [1.82, 2.24) is 5.32 Å². The second-order valence-electron chi connectivity index (χ2n) is 2.85. The highest BCUT2D eigenvalue weighted by Crippen LogP contribution is 2.03. The molecule has 1 atom stereocenters. The number of hydrogen-bond donors (Lipinski definition) is 2. The third-order valence-corrected chi connectivity index (χ3v) is 1.90. The Kier molecular flexibility index (Phi) is 6.49. The van der Waals surface area contributed by atoms with Crippen LogP contribution in [0.25, 0.3) is 0 Å². The normalized spacial score (nSPS) is 15.1. The molecule has 0 radical (unpaired) electrons. The molecule has 0 saturated carbocycles. The fourth-order valence-electron chi connectivity index (χ4n) is 0.872. The molecular weight excluding hydrogens is 176 g/mol. The third-order valence-electron chi connectivity index (χ3n) is 1.90. The minimum Gasteiger partial charge on any atom is -0.312 e. The van der Waals surface area contributed by atoms with Gasteiger partial charge in [-0.2, -0.15) is 0 Å². The smallest absolute Gasteiger partial charge is 0.0749 e. The Hall–Kier alpha value is -1.29. The van der Waals surface area contributed by atoms with Crippen molar-refractivity contribution < 1.29 is 0 Å². The van der Waals surface area contributed by atoms with E-state index in [0.717, 1.165) is 12.1 Å². The Balaban J connectivity index is 4.80. The van der Waals surface area contributed by atoms with Crippen LogP contribution in [0.1, 0.15) is 20.3 Å². The molecule has 0 bridgehead atoms. The van der Waals surface area contributed by atoms with E-state index in [1.54, 1.807) is 6.20 Å². The summed E-state index contributed by atoms with van der Waals surface area (Å²) in [5.41, 5.74) is 1.53. The van der Waals surface area contributed by atoms with E-state index in [2.05, 4.69) is 22.0 Å². The monoisotopic (exact) mass is 194 g/mol. The predicted molar refractivity (Wildman–Crippen MR) is 62.7 cm³/mol. The van der Waals surface area contributed by atoms with E-state index < -0.39 is 0 Å². The highest BCUT2D eigenvalue weighted by atomic mass is 14.9. The minimum atomic E-state index is 0.0762. The van der Waals surface area contributed by atoms with Gasteiger partial charge in [0.2, 0.25) is 0 Å². The molecule has 0 fully saturated rings. The van der Waals surface area contributed by atoms with Gasteiger partial charge in [0.25, 0.3) is 0 Å². The van der Waals surface area contributed by atoms with Gasteiger partial charge in [-0.15, -0.1) is 0 Å². The summed E-state index contributed by atoms with van der Waals surface area (Å²) in [5, 5.41) is 10.3. The van der Waals surface area contributed by atoms with Crippen LogP contribution in [-0.2, 0) is 0 Å². The molecule has 0 aliphatic carbocycles. The van der Waals surface area contributed by atoms with Crippen molar-refractivity contribution in [2.75, 3.05) is 7.05 Å². The molecule has 0 saturated heterocycles. The van der Waals surface area contributed by atoms with Crippen molar-refractivity contribution in [3.05, 3.63) is 11.9 Å². The molecule has 0 rings (SSSR count). The number of rotatable bonds is 6. The van der Waals surface area contributed by atoms with Crippen molar-refractivity contribution in [2.45, 2.75) is 26.3 Å². The van der Waals surface area contributed by atoms with E-state index in [0.29, 0.717) is 5.71 Å². The average molecular weight is 194 g/mol. The molecule has 0 aromatic heterocycles. The molecule has 78 valence electrons. The van der Waals surface area contributed by atoms with Crippen LogP contribution in [0.2, 0.25) is 0 Å². The van der Waals surface area contributed by atoms with Crippen LogP contribution >= 0.6 is 0 Å². The summed E-state index contributed by atoms with van der Waals surface area (Å²) >= 11 is 0. The first-order valence-corrected chi connectivity index (χ1v) is 4.60. The standard InChI is InChI=1S/C10H18N4/c1-5-9(7-12-3)14-10(6-11)8(2)13-4/h6-8,11,13H,3,5H2,1-2,4H3/b9-7-,11-6?,14-10?. The maximum atomic E-state index is 7.23.